The molecule has 0 aliphatic heterocycles. The maximum atomic E-state index is 12.3. The minimum Gasteiger partial charge on any atom is -0.452 e. The van der Waals surface area contributed by atoms with Gasteiger partial charge in [-0.1, -0.05) is 0 Å². The zero-order chi connectivity index (χ0) is 14.9. The fraction of sp³-hybridized carbons (Fsp3) is 0.417. The molecule has 114 valence electrons. The van der Waals surface area contributed by atoms with E-state index >= 15 is 0 Å². The Hall–Kier alpha value is -1.16. The first-order valence-electron chi connectivity index (χ1n) is 6.53. The highest BCUT2D eigenvalue weighted by molar-refractivity contribution is 9.10. The van der Waals surface area contributed by atoms with Crippen LogP contribution >= 0.6 is 15.9 Å². The number of hydrogen-bond acceptors (Lipinski definition) is 5. The van der Waals surface area contributed by atoms with Crippen LogP contribution in [0, 0.1) is 0 Å². The number of H-pyrrole nitrogens is 1. The van der Waals surface area contributed by atoms with Gasteiger partial charge in [-0.15, -0.1) is 0 Å². The molecule has 3 N–H and O–H groups in total. The van der Waals surface area contributed by atoms with Gasteiger partial charge in [0.2, 0.25) is 10.0 Å². The van der Waals surface area contributed by atoms with Gasteiger partial charge in [0.15, 0.2) is 4.67 Å². The number of imidazole rings is 1. The van der Waals surface area contributed by atoms with E-state index in [1.807, 2.05) is 0 Å². The average Bonchev–Trinajstić information content (AvgIpc) is 2.97. The van der Waals surface area contributed by atoms with Crippen LogP contribution in [-0.4, -0.2) is 24.4 Å². The average molecular weight is 375 g/mol. The largest absolute Gasteiger partial charge is 0.452 e. The minimum absolute atomic E-state index is 0.106. The molecule has 21 heavy (non-hydrogen) atoms. The standard InChI is InChI=1S/C12H15BrN4O3S/c13-12-11(3-10(20-12)6-15-8-1-2-8)21(18,19)17-5-9-4-14-7-16-9/h3-4,7-8,15,17H,1-2,5-6H2,(H,14,16). The quantitative estimate of drug-likeness (QED) is 0.681. The number of halogens is 1. The molecule has 0 unspecified atom stereocenters. The van der Waals surface area contributed by atoms with Crippen molar-refractivity contribution in [2.24, 2.45) is 0 Å². The SMILES string of the molecule is O=S(=O)(NCc1cnc[nH]1)c1cc(CNC2CC2)oc1Br. The van der Waals surface area contributed by atoms with Gasteiger partial charge in [0.25, 0.3) is 0 Å². The highest BCUT2D eigenvalue weighted by Gasteiger charge is 2.24. The molecule has 0 atom stereocenters. The lowest BCUT2D eigenvalue weighted by atomic mass is 10.4. The second-order valence-corrected chi connectivity index (χ2v) is 7.36. The topological polar surface area (TPSA) is 100 Å². The fourth-order valence-corrected chi connectivity index (χ4v) is 3.83. The van der Waals surface area contributed by atoms with Crippen molar-refractivity contribution in [1.29, 1.82) is 0 Å². The Morgan fingerprint density at radius 2 is 2.24 bits per heavy atom. The number of aromatic nitrogens is 2. The van der Waals surface area contributed by atoms with E-state index in [1.165, 1.54) is 25.2 Å². The lowest BCUT2D eigenvalue weighted by Gasteiger charge is -2.03. The van der Waals surface area contributed by atoms with Crippen LogP contribution in [0.2, 0.25) is 0 Å². The second-order valence-electron chi connectivity index (χ2n) is 4.91. The van der Waals surface area contributed by atoms with E-state index in [0.29, 0.717) is 24.0 Å². The highest BCUT2D eigenvalue weighted by atomic mass is 79.9. The zero-order valence-corrected chi connectivity index (χ0v) is 13.5. The number of sulfonamides is 1. The van der Waals surface area contributed by atoms with E-state index in [2.05, 4.69) is 35.9 Å². The van der Waals surface area contributed by atoms with Gasteiger partial charge in [0.1, 0.15) is 10.7 Å². The summed E-state index contributed by atoms with van der Waals surface area (Å²) in [7, 11) is -3.64. The number of rotatable bonds is 7. The molecule has 7 nitrogen and oxygen atoms in total. The third-order valence-corrected chi connectivity index (χ3v) is 5.40. The first kappa shape index (κ1) is 14.8. The van der Waals surface area contributed by atoms with Crippen LogP contribution in [0.15, 0.2) is 32.6 Å². The monoisotopic (exact) mass is 374 g/mol. The van der Waals surface area contributed by atoms with Crippen LogP contribution in [0.1, 0.15) is 24.3 Å². The third-order valence-electron chi connectivity index (χ3n) is 3.15. The minimum atomic E-state index is -3.64. The van der Waals surface area contributed by atoms with Gasteiger partial charge in [0, 0.05) is 24.0 Å². The molecule has 1 aliphatic carbocycles. The number of nitrogens with one attached hydrogen (secondary N) is 3. The van der Waals surface area contributed by atoms with Crippen LogP contribution in [-0.2, 0) is 23.1 Å². The first-order valence-corrected chi connectivity index (χ1v) is 8.81. The second kappa shape index (κ2) is 5.91. The van der Waals surface area contributed by atoms with Gasteiger partial charge in [0.05, 0.1) is 19.4 Å². The molecule has 9 heteroatoms. The van der Waals surface area contributed by atoms with E-state index in [-0.39, 0.29) is 16.1 Å². The van der Waals surface area contributed by atoms with Crippen molar-refractivity contribution in [3.63, 3.8) is 0 Å². The predicted octanol–water partition coefficient (Wildman–Crippen LogP) is 1.50. The molecule has 2 heterocycles. The van der Waals surface area contributed by atoms with Crippen molar-refractivity contribution in [3.05, 3.63) is 34.7 Å². The Morgan fingerprint density at radius 1 is 1.43 bits per heavy atom. The van der Waals surface area contributed by atoms with Gasteiger partial charge in [-0.05, 0) is 28.8 Å². The van der Waals surface area contributed by atoms with Crippen molar-refractivity contribution >= 4 is 26.0 Å². The Morgan fingerprint density at radius 3 is 2.90 bits per heavy atom. The van der Waals surface area contributed by atoms with E-state index in [0.717, 1.165) is 0 Å². The number of nitrogens with zero attached hydrogens (tertiary/aromatic N) is 1. The lowest BCUT2D eigenvalue weighted by Crippen LogP contribution is -2.23. The van der Waals surface area contributed by atoms with Crippen molar-refractivity contribution in [2.45, 2.75) is 36.9 Å². The summed E-state index contributed by atoms with van der Waals surface area (Å²) in [5.41, 5.74) is 0.689. The normalized spacial score (nSPS) is 15.5. The predicted molar refractivity (Wildman–Crippen MR) is 78.9 cm³/mol. The summed E-state index contributed by atoms with van der Waals surface area (Å²) in [5.74, 6) is 0.593. The number of furan rings is 1. The van der Waals surface area contributed by atoms with E-state index in [4.69, 9.17) is 4.42 Å². The molecule has 1 aliphatic rings. The van der Waals surface area contributed by atoms with Crippen LogP contribution in [0.3, 0.4) is 0 Å². The van der Waals surface area contributed by atoms with E-state index in [1.54, 1.807) is 6.20 Å². The van der Waals surface area contributed by atoms with Crippen LogP contribution in [0.25, 0.3) is 0 Å². The maximum Gasteiger partial charge on any atom is 0.245 e. The summed E-state index contributed by atoms with van der Waals surface area (Å²) >= 11 is 3.16. The zero-order valence-electron chi connectivity index (χ0n) is 11.1. The molecule has 0 saturated heterocycles. The molecule has 0 bridgehead atoms. The van der Waals surface area contributed by atoms with Crippen molar-refractivity contribution in [1.82, 2.24) is 20.0 Å². The fourth-order valence-electron chi connectivity index (χ4n) is 1.83. The van der Waals surface area contributed by atoms with Gasteiger partial charge in [-0.25, -0.2) is 18.1 Å². The Balaban J connectivity index is 1.68. The Kier molecular flexibility index (Phi) is 4.16. The molecule has 2 aromatic rings. The summed E-state index contributed by atoms with van der Waals surface area (Å²) in [6.45, 7) is 0.676. The van der Waals surface area contributed by atoms with Crippen LogP contribution < -0.4 is 10.0 Å². The molecule has 0 aromatic carbocycles. The highest BCUT2D eigenvalue weighted by Crippen LogP contribution is 2.27. The third kappa shape index (κ3) is 3.73. The summed E-state index contributed by atoms with van der Waals surface area (Å²) in [4.78, 5) is 6.78. The maximum absolute atomic E-state index is 12.3. The van der Waals surface area contributed by atoms with Gasteiger partial charge in [-0.2, -0.15) is 0 Å². The van der Waals surface area contributed by atoms with Gasteiger partial charge < -0.3 is 14.7 Å². The summed E-state index contributed by atoms with van der Waals surface area (Å²) in [5, 5.41) is 3.28. The van der Waals surface area contributed by atoms with Gasteiger partial charge >= 0.3 is 0 Å². The molecule has 3 rings (SSSR count). The van der Waals surface area contributed by atoms with E-state index < -0.39 is 10.0 Å². The summed E-state index contributed by atoms with van der Waals surface area (Å²) in [6.07, 6.45) is 5.40. The molecule has 0 radical (unpaired) electrons. The lowest BCUT2D eigenvalue weighted by molar-refractivity contribution is 0.460. The Bertz CT molecular complexity index is 707. The van der Waals surface area contributed by atoms with E-state index in [9.17, 15) is 8.42 Å². The molecule has 0 spiro atoms. The van der Waals surface area contributed by atoms with Crippen molar-refractivity contribution in [3.8, 4) is 0 Å². The molecule has 1 saturated carbocycles. The van der Waals surface area contributed by atoms with Crippen molar-refractivity contribution < 1.29 is 12.8 Å². The number of aromatic amines is 1. The summed E-state index contributed by atoms with van der Waals surface area (Å²) in [6, 6.07) is 2.07. The summed E-state index contributed by atoms with van der Waals surface area (Å²) < 4.78 is 32.7. The van der Waals surface area contributed by atoms with Crippen LogP contribution in [0.5, 0.6) is 0 Å². The van der Waals surface area contributed by atoms with Gasteiger partial charge in [-0.3, -0.25) is 0 Å². The molecule has 1 fully saturated rings. The smallest absolute Gasteiger partial charge is 0.245 e. The molecular weight excluding hydrogens is 360 g/mol. The first-order chi connectivity index (χ1) is 10.0. The number of hydrogen-bond donors (Lipinski definition) is 3. The molecule has 0 amide bonds. The van der Waals surface area contributed by atoms with Crippen molar-refractivity contribution in [2.75, 3.05) is 0 Å². The van der Waals surface area contributed by atoms with Crippen LogP contribution in [0.4, 0.5) is 0 Å². The molecule has 2 aromatic heterocycles. The Labute approximate surface area is 130 Å². The molecular formula is C12H15BrN4O3S.